The van der Waals surface area contributed by atoms with E-state index in [2.05, 4.69) is 35.6 Å². The quantitative estimate of drug-likeness (QED) is 0.294. The molecule has 0 fully saturated rings. The molecule has 0 spiro atoms. The van der Waals surface area contributed by atoms with Crippen LogP contribution in [0.4, 0.5) is 5.69 Å². The molecule has 2 atom stereocenters. The number of nitrogens with two attached hydrogens (primary N) is 1. The van der Waals surface area contributed by atoms with E-state index in [-0.39, 0.29) is 17.6 Å². The van der Waals surface area contributed by atoms with Crippen LogP contribution < -0.4 is 32.6 Å². The van der Waals surface area contributed by atoms with Crippen LogP contribution in [0, 0.1) is 0 Å². The highest BCUT2D eigenvalue weighted by atomic mass is 16.1. The Kier molecular flexibility index (Phi) is 4.85. The van der Waals surface area contributed by atoms with Crippen molar-refractivity contribution in [3.8, 4) is 11.4 Å². The second-order valence-electron chi connectivity index (χ2n) is 7.68. The Hall–Kier alpha value is -4.54. The lowest BCUT2D eigenvalue weighted by molar-refractivity contribution is 0.100. The van der Waals surface area contributed by atoms with Crippen LogP contribution in [0.1, 0.15) is 29.1 Å². The third-order valence-corrected chi connectivity index (χ3v) is 5.49. The Morgan fingerprint density at radius 3 is 2.73 bits per heavy atom. The van der Waals surface area contributed by atoms with Crippen molar-refractivity contribution < 1.29 is 4.79 Å². The highest BCUT2D eigenvalue weighted by molar-refractivity contribution is 5.96. The van der Waals surface area contributed by atoms with E-state index in [1.165, 1.54) is 0 Å². The standard InChI is InChI=1S/C22H21N9O2/c1-10-16(21-25-6-3-7-26-21)31-18-15(22(33)30-14(9-24-2)17(18)27-10)20-28-12-5-4-11(19(23)32)8-13(12)29-20/h3-10,16,24,31H,1-2H3,(H2,23,32)(H,28,29)(H,30,33)/b14-9+. The maximum absolute atomic E-state index is 13.2. The van der Waals surface area contributed by atoms with Gasteiger partial charge in [-0.3, -0.25) is 14.6 Å². The molecular formula is C22H21N9O2. The maximum atomic E-state index is 13.2. The molecule has 1 aliphatic heterocycles. The maximum Gasteiger partial charge on any atom is 0.261 e. The molecule has 5 rings (SSSR count). The molecule has 33 heavy (non-hydrogen) atoms. The van der Waals surface area contributed by atoms with Gasteiger partial charge in [-0.1, -0.05) is 0 Å². The largest absolute Gasteiger partial charge is 0.392 e. The minimum absolute atomic E-state index is 0.198. The summed E-state index contributed by atoms with van der Waals surface area (Å²) in [6, 6.07) is 6.09. The predicted molar refractivity (Wildman–Crippen MR) is 123 cm³/mol. The van der Waals surface area contributed by atoms with Crippen LogP contribution in [0.25, 0.3) is 28.6 Å². The molecule has 0 aliphatic carbocycles. The van der Waals surface area contributed by atoms with Gasteiger partial charge in [-0.25, -0.2) is 15.0 Å². The number of amides is 1. The number of fused-ring (bicyclic) bond motifs is 2. The topological polar surface area (TPSA) is 167 Å². The molecule has 6 N–H and O–H groups in total. The molecule has 1 amide bonds. The van der Waals surface area contributed by atoms with Gasteiger partial charge in [-0.2, -0.15) is 0 Å². The third-order valence-electron chi connectivity index (χ3n) is 5.49. The first-order valence-electron chi connectivity index (χ1n) is 10.3. The van der Waals surface area contributed by atoms with Crippen LogP contribution in [-0.2, 0) is 0 Å². The number of aromatic amines is 2. The van der Waals surface area contributed by atoms with Crippen molar-refractivity contribution in [2.24, 2.45) is 10.7 Å². The van der Waals surface area contributed by atoms with Gasteiger partial charge in [-0.15, -0.1) is 0 Å². The predicted octanol–water partition coefficient (Wildman–Crippen LogP) is -0.0606. The molecule has 1 aromatic carbocycles. The molecule has 166 valence electrons. The second-order valence-corrected chi connectivity index (χ2v) is 7.68. The number of primary amides is 1. The van der Waals surface area contributed by atoms with Crippen molar-refractivity contribution >= 4 is 28.8 Å². The molecule has 3 aromatic heterocycles. The number of aromatic nitrogens is 5. The number of rotatable bonds is 4. The highest BCUT2D eigenvalue weighted by Crippen LogP contribution is 2.28. The average molecular weight is 443 g/mol. The van der Waals surface area contributed by atoms with E-state index >= 15 is 0 Å². The van der Waals surface area contributed by atoms with Gasteiger partial charge >= 0.3 is 0 Å². The van der Waals surface area contributed by atoms with E-state index in [1.54, 1.807) is 49.9 Å². The smallest absolute Gasteiger partial charge is 0.261 e. The summed E-state index contributed by atoms with van der Waals surface area (Å²) in [5.74, 6) is 0.362. The molecule has 2 unspecified atom stereocenters. The van der Waals surface area contributed by atoms with Crippen molar-refractivity contribution in [1.29, 1.82) is 0 Å². The number of benzene rings is 1. The Labute approximate surface area is 186 Å². The lowest BCUT2D eigenvalue weighted by Crippen LogP contribution is -2.45. The molecule has 0 bridgehead atoms. The number of nitrogens with one attached hydrogen (secondary N) is 4. The first-order valence-corrected chi connectivity index (χ1v) is 10.3. The first-order chi connectivity index (χ1) is 16.0. The van der Waals surface area contributed by atoms with Crippen molar-refractivity contribution in [2.75, 3.05) is 12.4 Å². The van der Waals surface area contributed by atoms with Crippen LogP contribution in [-0.4, -0.2) is 43.9 Å². The van der Waals surface area contributed by atoms with Gasteiger partial charge in [0.1, 0.15) is 22.8 Å². The van der Waals surface area contributed by atoms with Crippen LogP contribution in [0.3, 0.4) is 0 Å². The van der Waals surface area contributed by atoms with E-state index in [4.69, 9.17) is 10.7 Å². The van der Waals surface area contributed by atoms with E-state index in [0.29, 0.717) is 50.2 Å². The normalized spacial score (nSPS) is 17.8. The summed E-state index contributed by atoms with van der Waals surface area (Å²) in [5.41, 5.74) is 7.38. The minimum atomic E-state index is -0.546. The van der Waals surface area contributed by atoms with E-state index in [1.807, 2.05) is 6.92 Å². The third kappa shape index (κ3) is 3.49. The summed E-state index contributed by atoms with van der Waals surface area (Å²) in [4.78, 5) is 48.9. The van der Waals surface area contributed by atoms with Crippen molar-refractivity contribution in [2.45, 2.75) is 19.0 Å². The first kappa shape index (κ1) is 20.4. The zero-order valence-electron chi connectivity index (χ0n) is 17.9. The zero-order valence-corrected chi connectivity index (χ0v) is 17.9. The van der Waals surface area contributed by atoms with E-state index in [0.717, 1.165) is 0 Å². The van der Waals surface area contributed by atoms with Crippen molar-refractivity contribution in [1.82, 2.24) is 30.2 Å². The monoisotopic (exact) mass is 443 g/mol. The molecule has 4 heterocycles. The summed E-state index contributed by atoms with van der Waals surface area (Å²) in [6.07, 6.45) is 5.01. The summed E-state index contributed by atoms with van der Waals surface area (Å²) in [6.45, 7) is 1.96. The van der Waals surface area contributed by atoms with Gasteiger partial charge in [0.25, 0.3) is 5.56 Å². The molecule has 0 saturated carbocycles. The van der Waals surface area contributed by atoms with E-state index < -0.39 is 5.91 Å². The fourth-order valence-electron chi connectivity index (χ4n) is 3.95. The second kappa shape index (κ2) is 7.86. The number of hydrogen-bond donors (Lipinski definition) is 5. The molecule has 0 radical (unpaired) electrons. The number of carbonyl (C=O) groups is 1. The summed E-state index contributed by atoms with van der Waals surface area (Å²) < 4.78 is 0. The molecule has 11 heteroatoms. The Bertz CT molecular complexity index is 1560. The number of pyridine rings is 1. The lowest BCUT2D eigenvalue weighted by Gasteiger charge is -2.27. The SMILES string of the molecule is CN/C=c1/[nH]c(=O)c(-c2nc3ccc(C(N)=O)cc3[nH]2)c2c1=NC(C)C(c1ncccn1)N2. The van der Waals surface area contributed by atoms with Gasteiger partial charge in [0.15, 0.2) is 5.82 Å². The molecule has 1 aliphatic rings. The summed E-state index contributed by atoms with van der Waals surface area (Å²) in [7, 11) is 1.74. The van der Waals surface area contributed by atoms with E-state index in [9.17, 15) is 9.59 Å². The Morgan fingerprint density at radius 1 is 1.21 bits per heavy atom. The average Bonchev–Trinajstić information content (AvgIpc) is 3.22. The zero-order chi connectivity index (χ0) is 23.1. The number of carbonyl (C=O) groups excluding carboxylic acids is 1. The van der Waals surface area contributed by atoms with Crippen LogP contribution >= 0.6 is 0 Å². The van der Waals surface area contributed by atoms with Crippen molar-refractivity contribution in [3.05, 3.63) is 69.1 Å². The van der Waals surface area contributed by atoms with Crippen LogP contribution in [0.2, 0.25) is 0 Å². The van der Waals surface area contributed by atoms with Gasteiger partial charge in [-0.05, 0) is 31.2 Å². The Morgan fingerprint density at radius 2 is 2.00 bits per heavy atom. The molecule has 11 nitrogen and oxygen atoms in total. The number of nitrogens with zero attached hydrogens (tertiary/aromatic N) is 4. The number of hydrogen-bond acceptors (Lipinski definition) is 8. The van der Waals surface area contributed by atoms with Gasteiger partial charge in [0, 0.05) is 31.2 Å². The van der Waals surface area contributed by atoms with Gasteiger partial charge < -0.3 is 26.3 Å². The molecular weight excluding hydrogens is 422 g/mol. The van der Waals surface area contributed by atoms with Gasteiger partial charge in [0.05, 0.1) is 28.1 Å². The molecule has 0 saturated heterocycles. The fourth-order valence-corrected chi connectivity index (χ4v) is 3.95. The summed E-state index contributed by atoms with van der Waals surface area (Å²) in [5, 5.41) is 7.50. The Balaban J connectivity index is 1.75. The van der Waals surface area contributed by atoms with Crippen LogP contribution in [0.5, 0.6) is 0 Å². The van der Waals surface area contributed by atoms with Gasteiger partial charge in [0.2, 0.25) is 5.91 Å². The minimum Gasteiger partial charge on any atom is -0.392 e. The lowest BCUT2D eigenvalue weighted by atomic mass is 10.0. The van der Waals surface area contributed by atoms with Crippen LogP contribution in [0.15, 0.2) is 46.4 Å². The number of anilines is 1. The number of imidazole rings is 1. The number of H-pyrrole nitrogens is 2. The highest BCUT2D eigenvalue weighted by Gasteiger charge is 2.29. The van der Waals surface area contributed by atoms with Crippen molar-refractivity contribution in [3.63, 3.8) is 0 Å². The fraction of sp³-hybridized carbons (Fsp3) is 0.182. The summed E-state index contributed by atoms with van der Waals surface area (Å²) >= 11 is 0. The molecule has 4 aromatic rings.